The lowest BCUT2D eigenvalue weighted by Crippen LogP contribution is -2.09. The van der Waals surface area contributed by atoms with Gasteiger partial charge in [0.05, 0.1) is 5.69 Å². The van der Waals surface area contributed by atoms with Gasteiger partial charge in [0, 0.05) is 16.4 Å². The highest BCUT2D eigenvalue weighted by Gasteiger charge is 2.18. The second-order valence-corrected chi connectivity index (χ2v) is 5.09. The maximum atomic E-state index is 13.8. The normalized spacial score (nSPS) is 14.7. The lowest BCUT2D eigenvalue weighted by atomic mass is 10.0. The zero-order chi connectivity index (χ0) is 11.8. The first kappa shape index (κ1) is 10.9. The van der Waals surface area contributed by atoms with E-state index >= 15 is 0 Å². The van der Waals surface area contributed by atoms with Crippen LogP contribution in [-0.2, 0) is 12.8 Å². The molecule has 0 spiro atoms. The number of halogens is 2. The number of nitrogens with zero attached hydrogens (tertiary/aromatic N) is 3. The molecule has 0 fully saturated rings. The van der Waals surface area contributed by atoms with E-state index in [0.29, 0.717) is 10.3 Å². The highest BCUT2D eigenvalue weighted by molar-refractivity contribution is 9.10. The molecule has 0 aliphatic heterocycles. The van der Waals surface area contributed by atoms with Crippen molar-refractivity contribution in [1.29, 1.82) is 0 Å². The van der Waals surface area contributed by atoms with E-state index in [1.165, 1.54) is 12.5 Å². The maximum Gasteiger partial charge on any atom is 0.174 e. The standard InChI is InChI=1S/C12H11BrFN3/c13-8-5-9(14)12(15-6-8)17-7-16-10-3-1-2-4-11(10)17/h5-7H,1-4H2. The van der Waals surface area contributed by atoms with Gasteiger partial charge in [-0.05, 0) is 47.7 Å². The summed E-state index contributed by atoms with van der Waals surface area (Å²) >= 11 is 3.21. The first-order valence-electron chi connectivity index (χ1n) is 5.62. The molecule has 3 nitrogen and oxygen atoms in total. The summed E-state index contributed by atoms with van der Waals surface area (Å²) in [5.74, 6) is 0.00833. The van der Waals surface area contributed by atoms with E-state index in [9.17, 15) is 4.39 Å². The number of hydrogen-bond acceptors (Lipinski definition) is 2. The molecule has 0 saturated heterocycles. The smallest absolute Gasteiger partial charge is 0.174 e. The number of aryl methyl sites for hydroxylation is 1. The molecule has 2 aromatic heterocycles. The van der Waals surface area contributed by atoms with Crippen molar-refractivity contribution in [2.45, 2.75) is 25.7 Å². The Bertz CT molecular complexity index is 565. The lowest BCUT2D eigenvalue weighted by molar-refractivity contribution is 0.598. The molecule has 0 N–H and O–H groups in total. The monoisotopic (exact) mass is 295 g/mol. The fourth-order valence-corrected chi connectivity index (χ4v) is 2.54. The van der Waals surface area contributed by atoms with Crippen LogP contribution in [0.4, 0.5) is 4.39 Å². The Labute approximate surface area is 107 Å². The molecular weight excluding hydrogens is 285 g/mol. The van der Waals surface area contributed by atoms with Crippen LogP contribution < -0.4 is 0 Å². The van der Waals surface area contributed by atoms with Crippen LogP contribution in [0.15, 0.2) is 23.1 Å². The molecule has 0 atom stereocenters. The largest absolute Gasteiger partial charge is 0.285 e. The van der Waals surface area contributed by atoms with Gasteiger partial charge in [0.15, 0.2) is 11.6 Å². The first-order valence-corrected chi connectivity index (χ1v) is 6.41. The van der Waals surface area contributed by atoms with Crippen LogP contribution in [0.1, 0.15) is 24.2 Å². The molecular formula is C12H11BrFN3. The van der Waals surface area contributed by atoms with Crippen LogP contribution in [0.25, 0.3) is 5.82 Å². The van der Waals surface area contributed by atoms with Gasteiger partial charge in [-0.1, -0.05) is 0 Å². The van der Waals surface area contributed by atoms with Gasteiger partial charge in [-0.15, -0.1) is 0 Å². The third kappa shape index (κ3) is 1.88. The Balaban J connectivity index is 2.12. The number of rotatable bonds is 1. The van der Waals surface area contributed by atoms with E-state index in [-0.39, 0.29) is 5.82 Å². The quantitative estimate of drug-likeness (QED) is 0.810. The van der Waals surface area contributed by atoms with E-state index in [2.05, 4.69) is 25.9 Å². The highest BCUT2D eigenvalue weighted by atomic mass is 79.9. The molecule has 2 aromatic rings. The van der Waals surface area contributed by atoms with E-state index in [0.717, 1.165) is 30.7 Å². The topological polar surface area (TPSA) is 30.7 Å². The molecule has 0 amide bonds. The molecule has 0 radical (unpaired) electrons. The van der Waals surface area contributed by atoms with Crippen LogP contribution in [0.3, 0.4) is 0 Å². The van der Waals surface area contributed by atoms with Gasteiger partial charge in [-0.2, -0.15) is 0 Å². The van der Waals surface area contributed by atoms with E-state index in [1.54, 1.807) is 17.1 Å². The summed E-state index contributed by atoms with van der Waals surface area (Å²) in [4.78, 5) is 8.47. The van der Waals surface area contributed by atoms with Crippen molar-refractivity contribution in [3.63, 3.8) is 0 Å². The summed E-state index contributed by atoms with van der Waals surface area (Å²) in [5.41, 5.74) is 2.19. The third-order valence-electron chi connectivity index (χ3n) is 3.05. The van der Waals surface area contributed by atoms with Gasteiger partial charge in [0.1, 0.15) is 6.33 Å². The van der Waals surface area contributed by atoms with E-state index in [4.69, 9.17) is 0 Å². The molecule has 88 valence electrons. The maximum absolute atomic E-state index is 13.8. The van der Waals surface area contributed by atoms with Crippen LogP contribution in [0, 0.1) is 5.82 Å². The molecule has 2 heterocycles. The Hall–Kier alpha value is -1.23. The van der Waals surface area contributed by atoms with Crippen molar-refractivity contribution < 1.29 is 4.39 Å². The Morgan fingerprint density at radius 1 is 1.24 bits per heavy atom. The van der Waals surface area contributed by atoms with Crippen LogP contribution >= 0.6 is 15.9 Å². The summed E-state index contributed by atoms with van der Waals surface area (Å²) in [6.07, 6.45) is 7.52. The Morgan fingerprint density at radius 2 is 2.06 bits per heavy atom. The van der Waals surface area contributed by atoms with E-state index < -0.39 is 0 Å². The number of hydrogen-bond donors (Lipinski definition) is 0. The molecule has 0 bridgehead atoms. The minimum Gasteiger partial charge on any atom is -0.285 e. The predicted molar refractivity (Wildman–Crippen MR) is 65.7 cm³/mol. The fourth-order valence-electron chi connectivity index (χ4n) is 2.24. The first-order chi connectivity index (χ1) is 8.25. The van der Waals surface area contributed by atoms with Crippen molar-refractivity contribution in [1.82, 2.24) is 14.5 Å². The lowest BCUT2D eigenvalue weighted by Gasteiger charge is -2.13. The van der Waals surface area contributed by atoms with Crippen LogP contribution in [-0.4, -0.2) is 14.5 Å². The zero-order valence-corrected chi connectivity index (χ0v) is 10.7. The van der Waals surface area contributed by atoms with Crippen LogP contribution in [0.5, 0.6) is 0 Å². The number of fused-ring (bicyclic) bond motifs is 1. The summed E-state index contributed by atoms with van der Waals surface area (Å²) in [5, 5.41) is 0. The second kappa shape index (κ2) is 4.22. The molecule has 17 heavy (non-hydrogen) atoms. The molecule has 3 rings (SSSR count). The van der Waals surface area contributed by atoms with Crippen molar-refractivity contribution in [2.24, 2.45) is 0 Å². The number of aromatic nitrogens is 3. The van der Waals surface area contributed by atoms with Gasteiger partial charge in [-0.25, -0.2) is 14.4 Å². The third-order valence-corrected chi connectivity index (χ3v) is 3.48. The molecule has 0 unspecified atom stereocenters. The van der Waals surface area contributed by atoms with Gasteiger partial charge in [-0.3, -0.25) is 4.57 Å². The average molecular weight is 296 g/mol. The second-order valence-electron chi connectivity index (χ2n) is 4.17. The minimum atomic E-state index is -0.329. The minimum absolute atomic E-state index is 0.329. The Morgan fingerprint density at radius 3 is 2.88 bits per heavy atom. The van der Waals surface area contributed by atoms with Gasteiger partial charge in [0.25, 0.3) is 0 Å². The summed E-state index contributed by atoms with van der Waals surface area (Å²) in [6, 6.07) is 1.43. The molecule has 0 saturated carbocycles. The van der Waals surface area contributed by atoms with Crippen molar-refractivity contribution >= 4 is 15.9 Å². The zero-order valence-electron chi connectivity index (χ0n) is 9.16. The van der Waals surface area contributed by atoms with E-state index in [1.807, 2.05) is 0 Å². The van der Waals surface area contributed by atoms with Crippen molar-refractivity contribution in [3.05, 3.63) is 40.3 Å². The number of pyridine rings is 1. The van der Waals surface area contributed by atoms with Gasteiger partial charge >= 0.3 is 0 Å². The molecule has 0 aromatic carbocycles. The van der Waals surface area contributed by atoms with Crippen molar-refractivity contribution in [2.75, 3.05) is 0 Å². The summed E-state index contributed by atoms with van der Waals surface area (Å²) in [7, 11) is 0. The van der Waals surface area contributed by atoms with Crippen molar-refractivity contribution in [3.8, 4) is 5.82 Å². The average Bonchev–Trinajstić information content (AvgIpc) is 2.73. The van der Waals surface area contributed by atoms with Crippen LogP contribution in [0.2, 0.25) is 0 Å². The SMILES string of the molecule is Fc1cc(Br)cnc1-n1cnc2c1CCCC2. The summed E-state index contributed by atoms with van der Waals surface area (Å²) < 4.78 is 16.3. The van der Waals surface area contributed by atoms with Gasteiger partial charge < -0.3 is 0 Å². The molecule has 1 aliphatic rings. The number of imidazole rings is 1. The summed E-state index contributed by atoms with van der Waals surface area (Å²) in [6.45, 7) is 0. The molecule has 1 aliphatic carbocycles. The Kier molecular flexibility index (Phi) is 2.70. The molecule has 5 heteroatoms. The fraction of sp³-hybridized carbons (Fsp3) is 0.333. The highest BCUT2D eigenvalue weighted by Crippen LogP contribution is 2.24. The van der Waals surface area contributed by atoms with Gasteiger partial charge in [0.2, 0.25) is 0 Å². The predicted octanol–water partition coefficient (Wildman–Crippen LogP) is 3.05.